The molecule has 0 fully saturated rings. The summed E-state index contributed by atoms with van der Waals surface area (Å²) in [7, 11) is -3.25. The lowest BCUT2D eigenvalue weighted by Crippen LogP contribution is -2.28. The van der Waals surface area contributed by atoms with Gasteiger partial charge in [0, 0.05) is 6.54 Å². The molecule has 3 N–H and O–H groups in total. The molecule has 1 heterocycles. The van der Waals surface area contributed by atoms with Crippen molar-refractivity contribution in [2.75, 3.05) is 23.3 Å². The van der Waals surface area contributed by atoms with E-state index in [0.29, 0.717) is 22.8 Å². The number of nitrogens with two attached hydrogens (primary N) is 1. The van der Waals surface area contributed by atoms with E-state index in [1.807, 2.05) is 13.8 Å². The molecule has 0 aromatic heterocycles. The zero-order valence-corrected chi connectivity index (χ0v) is 10.3. The average molecular weight is 240 g/mol. The molecule has 1 aromatic carbocycles. The van der Waals surface area contributed by atoms with Gasteiger partial charge >= 0.3 is 0 Å². The Bertz CT molecular complexity index is 521. The number of benzene rings is 1. The number of para-hydroxylation sites is 1. The van der Waals surface area contributed by atoms with Gasteiger partial charge in [-0.2, -0.15) is 0 Å². The summed E-state index contributed by atoms with van der Waals surface area (Å²) in [5.74, 6) is 0.142. The largest absolute Gasteiger partial charge is 0.397 e. The van der Waals surface area contributed by atoms with E-state index in [4.69, 9.17) is 5.73 Å². The van der Waals surface area contributed by atoms with Crippen LogP contribution in [0.4, 0.5) is 11.4 Å². The van der Waals surface area contributed by atoms with Gasteiger partial charge in [-0.05, 0) is 17.5 Å². The van der Waals surface area contributed by atoms with E-state index in [1.165, 1.54) is 0 Å². The summed E-state index contributed by atoms with van der Waals surface area (Å²) < 4.78 is 24.3. The first-order chi connectivity index (χ1) is 7.32. The van der Waals surface area contributed by atoms with Crippen LogP contribution in [0.2, 0.25) is 0 Å². The van der Waals surface area contributed by atoms with Gasteiger partial charge in [0.05, 0.1) is 22.0 Å². The van der Waals surface area contributed by atoms with Crippen LogP contribution in [0.25, 0.3) is 0 Å². The fourth-order valence-corrected chi connectivity index (χ4v) is 4.04. The number of hydrogen-bond donors (Lipinski definition) is 2. The van der Waals surface area contributed by atoms with Gasteiger partial charge in [-0.3, -0.25) is 0 Å². The molecular weight excluding hydrogens is 224 g/mol. The SMILES string of the molecule is CC1(C)CNc2c(N)cccc2S(=O)(=O)C1. The topological polar surface area (TPSA) is 72.2 Å². The molecular formula is C11H16N2O2S. The van der Waals surface area contributed by atoms with Crippen molar-refractivity contribution in [2.45, 2.75) is 18.7 Å². The van der Waals surface area contributed by atoms with Crippen molar-refractivity contribution >= 4 is 21.2 Å². The second kappa shape index (κ2) is 3.38. The summed E-state index contributed by atoms with van der Waals surface area (Å²) in [5, 5.41) is 3.14. The van der Waals surface area contributed by atoms with E-state index in [1.54, 1.807) is 18.2 Å². The Morgan fingerprint density at radius 1 is 1.38 bits per heavy atom. The summed E-state index contributed by atoms with van der Waals surface area (Å²) in [5.41, 5.74) is 6.54. The Kier molecular flexibility index (Phi) is 2.38. The first-order valence-electron chi connectivity index (χ1n) is 5.17. The van der Waals surface area contributed by atoms with E-state index in [2.05, 4.69) is 5.32 Å². The van der Waals surface area contributed by atoms with E-state index in [9.17, 15) is 8.42 Å². The molecule has 0 radical (unpaired) electrons. The number of rotatable bonds is 0. The van der Waals surface area contributed by atoms with Crippen molar-refractivity contribution < 1.29 is 8.42 Å². The van der Waals surface area contributed by atoms with Crippen molar-refractivity contribution in [2.24, 2.45) is 5.41 Å². The number of fused-ring (bicyclic) bond motifs is 1. The summed E-state index contributed by atoms with van der Waals surface area (Å²) in [6.07, 6.45) is 0. The van der Waals surface area contributed by atoms with Crippen LogP contribution in [0, 0.1) is 5.41 Å². The Hall–Kier alpha value is -1.23. The van der Waals surface area contributed by atoms with Crippen molar-refractivity contribution in [3.8, 4) is 0 Å². The molecule has 0 saturated heterocycles. The normalized spacial score (nSPS) is 21.6. The van der Waals surface area contributed by atoms with Crippen LogP contribution in [-0.2, 0) is 9.84 Å². The predicted molar refractivity (Wildman–Crippen MR) is 65.2 cm³/mol. The Morgan fingerprint density at radius 2 is 2.06 bits per heavy atom. The summed E-state index contributed by atoms with van der Waals surface area (Å²) in [4.78, 5) is 0.318. The highest BCUT2D eigenvalue weighted by Crippen LogP contribution is 2.35. The van der Waals surface area contributed by atoms with Gasteiger partial charge in [0.25, 0.3) is 0 Å². The second-order valence-corrected chi connectivity index (χ2v) is 6.96. The van der Waals surface area contributed by atoms with Crippen molar-refractivity contribution in [1.82, 2.24) is 0 Å². The van der Waals surface area contributed by atoms with Gasteiger partial charge in [0.2, 0.25) is 0 Å². The summed E-state index contributed by atoms with van der Waals surface area (Å²) in [6.45, 7) is 4.46. The molecule has 4 nitrogen and oxygen atoms in total. The molecule has 16 heavy (non-hydrogen) atoms. The van der Waals surface area contributed by atoms with Crippen LogP contribution >= 0.6 is 0 Å². The van der Waals surface area contributed by atoms with Crippen LogP contribution < -0.4 is 11.1 Å². The van der Waals surface area contributed by atoms with Crippen molar-refractivity contribution in [3.63, 3.8) is 0 Å². The predicted octanol–water partition coefficient (Wildman–Crippen LogP) is 1.49. The minimum absolute atomic E-state index is 0.142. The molecule has 88 valence electrons. The van der Waals surface area contributed by atoms with E-state index < -0.39 is 9.84 Å². The molecule has 0 spiro atoms. The number of hydrogen-bond acceptors (Lipinski definition) is 4. The van der Waals surface area contributed by atoms with Gasteiger partial charge in [0.1, 0.15) is 0 Å². The number of nitrogen functional groups attached to an aromatic ring is 1. The molecule has 0 atom stereocenters. The third kappa shape index (κ3) is 1.87. The van der Waals surface area contributed by atoms with Crippen molar-refractivity contribution in [1.29, 1.82) is 0 Å². The highest BCUT2D eigenvalue weighted by molar-refractivity contribution is 7.91. The highest BCUT2D eigenvalue weighted by atomic mass is 32.2. The fourth-order valence-electron chi connectivity index (χ4n) is 1.97. The minimum Gasteiger partial charge on any atom is -0.397 e. The van der Waals surface area contributed by atoms with Crippen LogP contribution in [-0.4, -0.2) is 20.7 Å². The zero-order valence-electron chi connectivity index (χ0n) is 9.45. The van der Waals surface area contributed by atoms with Gasteiger partial charge in [0.15, 0.2) is 9.84 Å². The molecule has 0 bridgehead atoms. The van der Waals surface area contributed by atoms with Crippen LogP contribution in [0.15, 0.2) is 23.1 Å². The maximum absolute atomic E-state index is 12.2. The van der Waals surface area contributed by atoms with Gasteiger partial charge in [-0.15, -0.1) is 0 Å². The van der Waals surface area contributed by atoms with Crippen LogP contribution in [0.1, 0.15) is 13.8 Å². The van der Waals surface area contributed by atoms with Gasteiger partial charge in [-0.1, -0.05) is 19.9 Å². The molecule has 0 unspecified atom stereocenters. The standard InChI is InChI=1S/C11H16N2O2S/c1-11(2)6-13-10-8(12)4-3-5-9(10)16(14,15)7-11/h3-5,13H,6-7,12H2,1-2H3. The molecule has 5 heteroatoms. The Labute approximate surface area is 95.8 Å². The minimum atomic E-state index is -3.25. The number of anilines is 2. The number of sulfone groups is 1. The lowest BCUT2D eigenvalue weighted by atomic mass is 9.96. The van der Waals surface area contributed by atoms with Gasteiger partial charge in [-0.25, -0.2) is 8.42 Å². The Balaban J connectivity index is 2.64. The summed E-state index contributed by atoms with van der Waals surface area (Å²) >= 11 is 0. The van der Waals surface area contributed by atoms with Crippen LogP contribution in [0.3, 0.4) is 0 Å². The van der Waals surface area contributed by atoms with Crippen molar-refractivity contribution in [3.05, 3.63) is 18.2 Å². The fraction of sp³-hybridized carbons (Fsp3) is 0.455. The van der Waals surface area contributed by atoms with Gasteiger partial charge < -0.3 is 11.1 Å². The van der Waals surface area contributed by atoms with Crippen LogP contribution in [0.5, 0.6) is 0 Å². The maximum Gasteiger partial charge on any atom is 0.181 e. The van der Waals surface area contributed by atoms with E-state index in [0.717, 1.165) is 0 Å². The average Bonchev–Trinajstić information content (AvgIpc) is 2.22. The van der Waals surface area contributed by atoms with E-state index >= 15 is 0 Å². The molecule has 1 aliphatic heterocycles. The molecule has 0 amide bonds. The first-order valence-corrected chi connectivity index (χ1v) is 6.82. The molecule has 2 rings (SSSR count). The third-order valence-electron chi connectivity index (χ3n) is 2.72. The molecule has 1 aliphatic rings. The molecule has 0 aliphatic carbocycles. The first kappa shape index (κ1) is 11.3. The molecule has 1 aromatic rings. The highest BCUT2D eigenvalue weighted by Gasteiger charge is 2.33. The quantitative estimate of drug-likeness (QED) is 0.674. The second-order valence-electron chi connectivity index (χ2n) is 5.00. The smallest absolute Gasteiger partial charge is 0.181 e. The molecule has 0 saturated carbocycles. The summed E-state index contributed by atoms with van der Waals surface area (Å²) in [6, 6.07) is 4.99. The maximum atomic E-state index is 12.2. The third-order valence-corrected chi connectivity index (χ3v) is 4.89. The zero-order chi connectivity index (χ0) is 12.0. The monoisotopic (exact) mass is 240 g/mol. The lowest BCUT2D eigenvalue weighted by molar-refractivity contribution is 0.442. The lowest BCUT2D eigenvalue weighted by Gasteiger charge is -2.21. The van der Waals surface area contributed by atoms with E-state index in [-0.39, 0.29) is 11.2 Å². The number of nitrogens with one attached hydrogen (secondary N) is 1. The Morgan fingerprint density at radius 3 is 2.75 bits per heavy atom.